The fraction of sp³-hybridized carbons (Fsp3) is 0.222. The lowest BCUT2D eigenvalue weighted by Gasteiger charge is -2.26. The van der Waals surface area contributed by atoms with Gasteiger partial charge in [0.1, 0.15) is 5.41 Å². The molecule has 2 atom stereocenters. The molecule has 0 spiro atoms. The second-order valence-electron chi connectivity index (χ2n) is 5.80. The molecule has 3 heteroatoms. The Kier molecular flexibility index (Phi) is 2.77. The molecule has 3 rings (SSSR count). The summed E-state index contributed by atoms with van der Waals surface area (Å²) in [5.41, 5.74) is -0.223. The second-order valence-corrected chi connectivity index (χ2v) is 5.80. The monoisotopic (exact) mass is 280 g/mol. The third-order valence-electron chi connectivity index (χ3n) is 4.69. The highest BCUT2D eigenvalue weighted by Gasteiger charge is 2.59. The van der Waals surface area contributed by atoms with Crippen LogP contribution in [0.25, 0.3) is 0 Å². The van der Waals surface area contributed by atoms with E-state index in [1.807, 2.05) is 49.4 Å². The third kappa shape index (κ3) is 1.54. The highest BCUT2D eigenvalue weighted by Crippen LogP contribution is 2.50. The fourth-order valence-electron chi connectivity index (χ4n) is 3.37. The molecule has 2 aromatic rings. The van der Waals surface area contributed by atoms with Gasteiger partial charge in [-0.2, -0.15) is 0 Å². The van der Waals surface area contributed by atoms with Crippen LogP contribution in [-0.2, 0) is 20.4 Å². The van der Waals surface area contributed by atoms with Crippen LogP contribution < -0.4 is 0 Å². The highest BCUT2D eigenvalue weighted by molar-refractivity contribution is 6.18. The van der Waals surface area contributed by atoms with E-state index in [1.165, 1.54) is 6.92 Å². The molecule has 21 heavy (non-hydrogen) atoms. The molecule has 1 aliphatic rings. The Morgan fingerprint density at radius 1 is 0.905 bits per heavy atom. The minimum atomic E-state index is -1.50. The van der Waals surface area contributed by atoms with Crippen LogP contribution in [0.4, 0.5) is 0 Å². The lowest BCUT2D eigenvalue weighted by atomic mass is 9.73. The summed E-state index contributed by atoms with van der Waals surface area (Å²) in [7, 11) is 0. The van der Waals surface area contributed by atoms with E-state index < -0.39 is 16.8 Å². The molecule has 0 aromatic heterocycles. The number of carboxylic acids is 1. The summed E-state index contributed by atoms with van der Waals surface area (Å²) in [6.07, 6.45) is 0. The van der Waals surface area contributed by atoms with Crippen LogP contribution in [0.2, 0.25) is 0 Å². The normalized spacial score (nSPS) is 27.4. The zero-order valence-electron chi connectivity index (χ0n) is 12.0. The van der Waals surface area contributed by atoms with E-state index in [0.29, 0.717) is 5.56 Å². The predicted molar refractivity (Wildman–Crippen MR) is 79.3 cm³/mol. The molecule has 0 heterocycles. The quantitative estimate of drug-likeness (QED) is 0.861. The van der Waals surface area contributed by atoms with Gasteiger partial charge in [-0.15, -0.1) is 0 Å². The first kappa shape index (κ1) is 13.6. The maximum Gasteiger partial charge on any atom is 0.321 e. The molecule has 0 aliphatic heterocycles. The molecular formula is C18H16O3. The van der Waals surface area contributed by atoms with Crippen LogP contribution >= 0.6 is 0 Å². The van der Waals surface area contributed by atoms with Gasteiger partial charge in [0.25, 0.3) is 0 Å². The standard InChI is InChI=1S/C18H16O3/c1-17(12-8-4-3-5-9-12)13-10-6-7-11-14(13)18(2,15(17)19)16(20)21/h3-11H,1-2H3,(H,20,21)/t17-,18?/m0/s1. The van der Waals surface area contributed by atoms with Crippen molar-refractivity contribution in [1.82, 2.24) is 0 Å². The average molecular weight is 280 g/mol. The van der Waals surface area contributed by atoms with Crippen LogP contribution in [-0.4, -0.2) is 16.9 Å². The Hall–Kier alpha value is -2.42. The van der Waals surface area contributed by atoms with Gasteiger partial charge in [0.15, 0.2) is 5.78 Å². The van der Waals surface area contributed by atoms with Gasteiger partial charge in [-0.25, -0.2) is 0 Å². The zero-order chi connectivity index (χ0) is 15.3. The zero-order valence-corrected chi connectivity index (χ0v) is 12.0. The number of carbonyl (C=O) groups is 2. The highest BCUT2D eigenvalue weighted by atomic mass is 16.4. The molecule has 1 aliphatic carbocycles. The Morgan fingerprint density at radius 3 is 2.00 bits per heavy atom. The van der Waals surface area contributed by atoms with E-state index in [4.69, 9.17) is 0 Å². The van der Waals surface area contributed by atoms with Gasteiger partial charge in [-0.3, -0.25) is 9.59 Å². The van der Waals surface area contributed by atoms with E-state index in [1.54, 1.807) is 12.1 Å². The van der Waals surface area contributed by atoms with Gasteiger partial charge >= 0.3 is 5.97 Å². The molecule has 0 radical (unpaired) electrons. The van der Waals surface area contributed by atoms with Gasteiger partial charge < -0.3 is 5.11 Å². The average Bonchev–Trinajstić information content (AvgIpc) is 2.70. The number of hydrogen-bond donors (Lipinski definition) is 1. The summed E-state index contributed by atoms with van der Waals surface area (Å²) in [6, 6.07) is 16.6. The number of carboxylic acid groups (broad SMARTS) is 1. The van der Waals surface area contributed by atoms with Crippen molar-refractivity contribution in [3.8, 4) is 0 Å². The number of benzene rings is 2. The third-order valence-corrected chi connectivity index (χ3v) is 4.69. The molecule has 1 unspecified atom stereocenters. The van der Waals surface area contributed by atoms with Crippen molar-refractivity contribution in [2.75, 3.05) is 0 Å². The number of aliphatic carboxylic acids is 1. The van der Waals surface area contributed by atoms with Crippen LogP contribution in [0, 0.1) is 0 Å². The lowest BCUT2D eigenvalue weighted by Crippen LogP contribution is -2.44. The van der Waals surface area contributed by atoms with E-state index in [0.717, 1.165) is 11.1 Å². The largest absolute Gasteiger partial charge is 0.480 e. The van der Waals surface area contributed by atoms with E-state index >= 15 is 0 Å². The van der Waals surface area contributed by atoms with E-state index in [9.17, 15) is 14.7 Å². The summed E-state index contributed by atoms with van der Waals surface area (Å²) in [5.74, 6) is -1.38. The smallest absolute Gasteiger partial charge is 0.321 e. The molecule has 0 fully saturated rings. The Morgan fingerprint density at radius 2 is 1.43 bits per heavy atom. The molecule has 1 N–H and O–H groups in total. The van der Waals surface area contributed by atoms with Gasteiger partial charge in [0.05, 0.1) is 5.41 Å². The number of hydrogen-bond acceptors (Lipinski definition) is 2. The van der Waals surface area contributed by atoms with Crippen LogP contribution in [0.3, 0.4) is 0 Å². The van der Waals surface area contributed by atoms with Gasteiger partial charge in [0, 0.05) is 0 Å². The molecule has 0 saturated heterocycles. The van der Waals surface area contributed by atoms with Crippen molar-refractivity contribution in [2.24, 2.45) is 0 Å². The molecule has 2 aromatic carbocycles. The molecule has 0 saturated carbocycles. The minimum absolute atomic E-state index is 0.282. The summed E-state index contributed by atoms with van der Waals surface area (Å²) in [4.78, 5) is 24.9. The maximum absolute atomic E-state index is 13.1. The fourth-order valence-corrected chi connectivity index (χ4v) is 3.37. The molecule has 106 valence electrons. The number of Topliss-reactive ketones (excluding diaryl/α,β-unsaturated/α-hetero) is 1. The van der Waals surface area contributed by atoms with Crippen LogP contribution in [0.15, 0.2) is 54.6 Å². The first-order chi connectivity index (χ1) is 9.93. The SMILES string of the molecule is CC1(C(=O)O)C(=O)[C@@](C)(c2ccccc2)c2ccccc21. The Balaban J connectivity index is 2.35. The summed E-state index contributed by atoms with van der Waals surface area (Å²) in [6.45, 7) is 3.32. The summed E-state index contributed by atoms with van der Waals surface area (Å²) in [5, 5.41) is 9.65. The summed E-state index contributed by atoms with van der Waals surface area (Å²) < 4.78 is 0. The maximum atomic E-state index is 13.1. The number of carbonyl (C=O) groups excluding carboxylic acids is 1. The van der Waals surface area contributed by atoms with Crippen LogP contribution in [0.1, 0.15) is 30.5 Å². The van der Waals surface area contributed by atoms with Crippen molar-refractivity contribution in [3.63, 3.8) is 0 Å². The first-order valence-electron chi connectivity index (χ1n) is 6.87. The summed E-state index contributed by atoms with van der Waals surface area (Å²) >= 11 is 0. The molecular weight excluding hydrogens is 264 g/mol. The molecule has 0 amide bonds. The van der Waals surface area contributed by atoms with Crippen molar-refractivity contribution in [1.29, 1.82) is 0 Å². The molecule has 3 nitrogen and oxygen atoms in total. The van der Waals surface area contributed by atoms with Crippen LogP contribution in [0.5, 0.6) is 0 Å². The van der Waals surface area contributed by atoms with Crippen molar-refractivity contribution in [3.05, 3.63) is 71.3 Å². The van der Waals surface area contributed by atoms with Crippen molar-refractivity contribution < 1.29 is 14.7 Å². The van der Waals surface area contributed by atoms with E-state index in [-0.39, 0.29) is 5.78 Å². The predicted octanol–water partition coefficient (Wildman–Crippen LogP) is 2.92. The minimum Gasteiger partial charge on any atom is -0.480 e. The number of fused-ring (bicyclic) bond motifs is 1. The topological polar surface area (TPSA) is 54.4 Å². The first-order valence-corrected chi connectivity index (χ1v) is 6.87. The number of rotatable bonds is 2. The Bertz CT molecular complexity index is 735. The van der Waals surface area contributed by atoms with Crippen molar-refractivity contribution >= 4 is 11.8 Å². The lowest BCUT2D eigenvalue weighted by molar-refractivity contribution is -0.148. The number of ketones is 1. The van der Waals surface area contributed by atoms with Gasteiger partial charge in [0.2, 0.25) is 0 Å². The Labute approximate surface area is 123 Å². The molecule has 0 bridgehead atoms. The van der Waals surface area contributed by atoms with Crippen molar-refractivity contribution in [2.45, 2.75) is 24.7 Å². The second kappa shape index (κ2) is 4.29. The van der Waals surface area contributed by atoms with Gasteiger partial charge in [-0.1, -0.05) is 54.6 Å². The van der Waals surface area contributed by atoms with E-state index in [2.05, 4.69) is 0 Å². The van der Waals surface area contributed by atoms with Gasteiger partial charge in [-0.05, 0) is 30.5 Å².